The van der Waals surface area contributed by atoms with Crippen LogP contribution < -0.4 is 10.1 Å². The van der Waals surface area contributed by atoms with Gasteiger partial charge in [0.15, 0.2) is 0 Å². The summed E-state index contributed by atoms with van der Waals surface area (Å²) in [5.74, 6) is -0.547. The van der Waals surface area contributed by atoms with E-state index >= 15 is 0 Å². The fourth-order valence-corrected chi connectivity index (χ4v) is 2.99. The molecule has 1 aromatic rings. The lowest BCUT2D eigenvalue weighted by atomic mass is 9.94. The Morgan fingerprint density at radius 1 is 1.13 bits per heavy atom. The number of nitrogens with one attached hydrogen (secondary N) is 1. The van der Waals surface area contributed by atoms with E-state index in [0.29, 0.717) is 25.9 Å². The number of para-hydroxylation sites is 1. The molecule has 0 aliphatic heterocycles. The summed E-state index contributed by atoms with van der Waals surface area (Å²) in [5.41, 5.74) is 0. The van der Waals surface area contributed by atoms with Crippen molar-refractivity contribution in [3.05, 3.63) is 30.3 Å². The highest BCUT2D eigenvalue weighted by atomic mass is 16.5. The number of carboxylic acid groups (broad SMARTS) is 1. The first-order chi connectivity index (χ1) is 11.2. The summed E-state index contributed by atoms with van der Waals surface area (Å²) in [5, 5.41) is 12.2. The molecule has 2 atom stereocenters. The van der Waals surface area contributed by atoms with Gasteiger partial charge in [-0.2, -0.15) is 0 Å². The van der Waals surface area contributed by atoms with Crippen molar-refractivity contribution < 1.29 is 19.4 Å². The van der Waals surface area contributed by atoms with Gasteiger partial charge in [0.25, 0.3) is 0 Å². The quantitative estimate of drug-likeness (QED) is 0.598. The second-order valence-electron chi connectivity index (χ2n) is 6.02. The Labute approximate surface area is 137 Å². The predicted molar refractivity (Wildman–Crippen MR) is 87.3 cm³/mol. The van der Waals surface area contributed by atoms with Crippen LogP contribution in [0.2, 0.25) is 0 Å². The molecule has 1 aliphatic carbocycles. The number of benzene rings is 1. The van der Waals surface area contributed by atoms with Crippen molar-refractivity contribution in [2.75, 3.05) is 6.61 Å². The molecule has 0 heterocycles. The molecular formula is C18H25NO4. The van der Waals surface area contributed by atoms with Crippen LogP contribution in [0.15, 0.2) is 30.3 Å². The van der Waals surface area contributed by atoms with Crippen LogP contribution in [-0.2, 0) is 9.59 Å². The van der Waals surface area contributed by atoms with Gasteiger partial charge in [0.05, 0.1) is 12.5 Å². The Bertz CT molecular complexity index is 503. The number of carbonyl (C=O) groups excluding carboxylic acids is 1. The number of carboxylic acids is 1. The van der Waals surface area contributed by atoms with Crippen LogP contribution in [0.3, 0.4) is 0 Å². The minimum absolute atomic E-state index is 0.0835. The molecule has 0 radical (unpaired) electrons. The van der Waals surface area contributed by atoms with E-state index in [9.17, 15) is 14.7 Å². The third kappa shape index (κ3) is 5.93. The van der Waals surface area contributed by atoms with E-state index in [1.807, 2.05) is 30.3 Å². The van der Waals surface area contributed by atoms with Gasteiger partial charge in [0.1, 0.15) is 5.75 Å². The van der Waals surface area contributed by atoms with E-state index in [1.54, 1.807) is 0 Å². The van der Waals surface area contributed by atoms with Crippen LogP contribution in [-0.4, -0.2) is 29.6 Å². The zero-order chi connectivity index (χ0) is 16.5. The van der Waals surface area contributed by atoms with Crippen LogP contribution >= 0.6 is 0 Å². The third-order valence-corrected chi connectivity index (χ3v) is 4.24. The van der Waals surface area contributed by atoms with Crippen LogP contribution in [0.1, 0.15) is 44.9 Å². The summed E-state index contributed by atoms with van der Waals surface area (Å²) >= 11 is 0. The molecule has 2 N–H and O–H groups in total. The Balaban J connectivity index is 1.71. The monoisotopic (exact) mass is 319 g/mol. The molecule has 0 saturated heterocycles. The summed E-state index contributed by atoms with van der Waals surface area (Å²) in [6.07, 6.45) is 5.32. The second kappa shape index (κ2) is 9.18. The van der Waals surface area contributed by atoms with Gasteiger partial charge < -0.3 is 15.2 Å². The third-order valence-electron chi connectivity index (χ3n) is 4.24. The number of ether oxygens (including phenoxy) is 1. The maximum absolute atomic E-state index is 12.0. The molecule has 1 saturated carbocycles. The number of hydrogen-bond donors (Lipinski definition) is 2. The van der Waals surface area contributed by atoms with Crippen LogP contribution in [0.25, 0.3) is 0 Å². The normalized spacial score (nSPS) is 21.2. The molecule has 0 bridgehead atoms. The van der Waals surface area contributed by atoms with E-state index in [0.717, 1.165) is 31.4 Å². The highest BCUT2D eigenvalue weighted by Gasteiger charge is 2.30. The number of aliphatic carboxylic acids is 1. The highest BCUT2D eigenvalue weighted by molar-refractivity contribution is 5.78. The molecule has 1 aliphatic rings. The molecular weight excluding hydrogens is 294 g/mol. The SMILES string of the molecule is O=C(CCCOc1ccccc1)N[C@H]1CCCCC[C@H]1C(=O)O. The fourth-order valence-electron chi connectivity index (χ4n) is 2.99. The molecule has 5 heteroatoms. The summed E-state index contributed by atoms with van der Waals surface area (Å²) in [7, 11) is 0. The maximum Gasteiger partial charge on any atom is 0.308 e. The molecule has 1 aromatic carbocycles. The van der Waals surface area contributed by atoms with Gasteiger partial charge in [-0.05, 0) is 31.4 Å². The number of carbonyl (C=O) groups is 2. The van der Waals surface area contributed by atoms with Crippen molar-refractivity contribution in [1.82, 2.24) is 5.32 Å². The van der Waals surface area contributed by atoms with Gasteiger partial charge in [-0.25, -0.2) is 0 Å². The van der Waals surface area contributed by atoms with Crippen LogP contribution in [0.5, 0.6) is 5.75 Å². The lowest BCUT2D eigenvalue weighted by molar-refractivity contribution is -0.143. The molecule has 5 nitrogen and oxygen atoms in total. The Hall–Kier alpha value is -2.04. The molecule has 0 aromatic heterocycles. The molecule has 0 unspecified atom stereocenters. The molecule has 23 heavy (non-hydrogen) atoms. The summed E-state index contributed by atoms with van der Waals surface area (Å²) in [4.78, 5) is 23.4. The molecule has 126 valence electrons. The summed E-state index contributed by atoms with van der Waals surface area (Å²) in [6.45, 7) is 0.477. The van der Waals surface area contributed by atoms with E-state index in [-0.39, 0.29) is 11.9 Å². The first-order valence-corrected chi connectivity index (χ1v) is 8.37. The van der Waals surface area contributed by atoms with Gasteiger partial charge in [0.2, 0.25) is 5.91 Å². The van der Waals surface area contributed by atoms with E-state index in [2.05, 4.69) is 5.32 Å². The van der Waals surface area contributed by atoms with E-state index < -0.39 is 11.9 Å². The standard InChI is InChI=1S/C18H25NO4/c20-17(12-7-13-23-14-8-3-1-4-9-14)19-16-11-6-2-5-10-15(16)18(21)22/h1,3-4,8-9,15-16H,2,5-7,10-13H2,(H,19,20)(H,21,22)/t15-,16+/m1/s1. The largest absolute Gasteiger partial charge is 0.494 e. The van der Waals surface area contributed by atoms with Gasteiger partial charge in [-0.15, -0.1) is 0 Å². The number of hydrogen-bond acceptors (Lipinski definition) is 3. The maximum atomic E-state index is 12.0. The van der Waals surface area contributed by atoms with Gasteiger partial charge >= 0.3 is 5.97 Å². The Morgan fingerprint density at radius 3 is 2.61 bits per heavy atom. The fraction of sp³-hybridized carbons (Fsp3) is 0.556. The minimum atomic E-state index is -0.801. The number of amides is 1. The molecule has 2 rings (SSSR count). The van der Waals surface area contributed by atoms with Gasteiger partial charge in [-0.3, -0.25) is 9.59 Å². The van der Waals surface area contributed by atoms with Crippen molar-refractivity contribution in [3.8, 4) is 5.75 Å². The minimum Gasteiger partial charge on any atom is -0.494 e. The Kier molecular flexibility index (Phi) is 6.91. The van der Waals surface area contributed by atoms with Gasteiger partial charge in [0, 0.05) is 12.5 Å². The molecule has 1 fully saturated rings. The zero-order valence-corrected chi connectivity index (χ0v) is 13.4. The smallest absolute Gasteiger partial charge is 0.308 e. The van der Waals surface area contributed by atoms with Crippen molar-refractivity contribution in [2.45, 2.75) is 51.0 Å². The van der Waals surface area contributed by atoms with Crippen LogP contribution in [0, 0.1) is 5.92 Å². The van der Waals surface area contributed by atoms with Crippen molar-refractivity contribution >= 4 is 11.9 Å². The van der Waals surface area contributed by atoms with Crippen molar-refractivity contribution in [1.29, 1.82) is 0 Å². The Morgan fingerprint density at radius 2 is 1.87 bits per heavy atom. The number of rotatable bonds is 7. The summed E-state index contributed by atoms with van der Waals surface area (Å²) in [6, 6.07) is 9.25. The lowest BCUT2D eigenvalue weighted by Crippen LogP contribution is -2.42. The average molecular weight is 319 g/mol. The summed E-state index contributed by atoms with van der Waals surface area (Å²) < 4.78 is 5.55. The van der Waals surface area contributed by atoms with Crippen molar-refractivity contribution in [2.24, 2.45) is 5.92 Å². The zero-order valence-electron chi connectivity index (χ0n) is 13.4. The first-order valence-electron chi connectivity index (χ1n) is 8.37. The lowest BCUT2D eigenvalue weighted by Gasteiger charge is -2.22. The van der Waals surface area contributed by atoms with Gasteiger partial charge in [-0.1, -0.05) is 37.5 Å². The highest BCUT2D eigenvalue weighted by Crippen LogP contribution is 2.24. The first kappa shape index (κ1) is 17.3. The molecule has 0 spiro atoms. The van der Waals surface area contributed by atoms with E-state index in [1.165, 1.54) is 0 Å². The second-order valence-corrected chi connectivity index (χ2v) is 6.02. The van der Waals surface area contributed by atoms with Crippen LogP contribution in [0.4, 0.5) is 0 Å². The van der Waals surface area contributed by atoms with E-state index in [4.69, 9.17) is 4.74 Å². The van der Waals surface area contributed by atoms with Crippen molar-refractivity contribution in [3.63, 3.8) is 0 Å². The average Bonchev–Trinajstić information content (AvgIpc) is 2.78. The molecule has 1 amide bonds. The topological polar surface area (TPSA) is 75.6 Å². The predicted octanol–water partition coefficient (Wildman–Crippen LogP) is 3.00.